The molecule has 5 unspecified atom stereocenters. The number of carbonyl (C=O) groups is 5. The van der Waals surface area contributed by atoms with Crippen molar-refractivity contribution in [1.82, 2.24) is 16.0 Å². The number of primary amides is 1. The fourth-order valence-corrected chi connectivity index (χ4v) is 3.67. The van der Waals surface area contributed by atoms with E-state index in [0.29, 0.717) is 38.0 Å². The van der Waals surface area contributed by atoms with Crippen LogP contribution in [0.5, 0.6) is 0 Å². The van der Waals surface area contributed by atoms with Crippen LogP contribution in [-0.2, 0) is 24.0 Å². The van der Waals surface area contributed by atoms with Crippen molar-refractivity contribution in [2.75, 3.05) is 18.6 Å². The molecule has 0 aliphatic carbocycles. The first kappa shape index (κ1) is 32.6. The van der Waals surface area contributed by atoms with Crippen molar-refractivity contribution in [3.05, 3.63) is 0 Å². The van der Waals surface area contributed by atoms with Crippen LogP contribution in [0.3, 0.4) is 0 Å². The highest BCUT2D eigenvalue weighted by atomic mass is 32.2. The lowest BCUT2D eigenvalue weighted by atomic mass is 9.97. The fraction of sp³-hybridized carbons (Fsp3) is 0.773. The summed E-state index contributed by atoms with van der Waals surface area (Å²) >= 11 is 1.55. The zero-order chi connectivity index (χ0) is 27.0. The second-order valence-electron chi connectivity index (χ2n) is 8.51. The zero-order valence-electron chi connectivity index (χ0n) is 20.9. The van der Waals surface area contributed by atoms with Crippen molar-refractivity contribution in [2.45, 2.75) is 83.0 Å². The van der Waals surface area contributed by atoms with Crippen LogP contribution in [0.2, 0.25) is 0 Å². The molecule has 0 saturated heterocycles. The number of thioether (sulfide) groups is 1. The van der Waals surface area contributed by atoms with Gasteiger partial charge in [-0.2, -0.15) is 11.8 Å². The first-order chi connectivity index (χ1) is 16.5. The fourth-order valence-electron chi connectivity index (χ4n) is 3.18. The number of unbranched alkanes of at least 4 members (excludes halogenated alkanes) is 1. The molecule has 5 atom stereocenters. The molecule has 0 fully saturated rings. The lowest BCUT2D eigenvalue weighted by molar-refractivity contribution is -0.142. The number of nitrogens with one attached hydrogen (secondary N) is 3. The lowest BCUT2D eigenvalue weighted by Crippen LogP contribution is -2.58. The van der Waals surface area contributed by atoms with Crippen molar-refractivity contribution in [1.29, 1.82) is 0 Å². The predicted molar refractivity (Wildman–Crippen MR) is 135 cm³/mol. The first-order valence-corrected chi connectivity index (χ1v) is 13.2. The minimum atomic E-state index is -1.22. The van der Waals surface area contributed by atoms with Gasteiger partial charge in [-0.25, -0.2) is 4.79 Å². The summed E-state index contributed by atoms with van der Waals surface area (Å²) in [4.78, 5) is 61.4. The molecule has 0 aliphatic heterocycles. The van der Waals surface area contributed by atoms with Gasteiger partial charge in [-0.05, 0) is 56.6 Å². The van der Waals surface area contributed by atoms with Crippen LogP contribution in [-0.4, -0.2) is 77.4 Å². The van der Waals surface area contributed by atoms with Gasteiger partial charge in [0.2, 0.25) is 23.6 Å². The van der Waals surface area contributed by atoms with Crippen molar-refractivity contribution in [3.8, 4) is 0 Å². The second kappa shape index (κ2) is 18.0. The molecule has 10 N–H and O–H groups in total. The third-order valence-electron chi connectivity index (χ3n) is 5.64. The summed E-state index contributed by atoms with van der Waals surface area (Å²) in [5, 5.41) is 17.1. The molecule has 0 aromatic heterocycles. The summed E-state index contributed by atoms with van der Waals surface area (Å²) in [6.07, 6.45) is 3.80. The Balaban J connectivity index is 5.53. The molecule has 35 heavy (non-hydrogen) atoms. The molecular formula is C22H42N6O6S. The number of nitrogens with two attached hydrogens (primary N) is 3. The van der Waals surface area contributed by atoms with Gasteiger partial charge in [0.25, 0.3) is 0 Å². The molecule has 202 valence electrons. The SMILES string of the molecule is CCC(C)C(NC(=O)C(N)CCSC)C(=O)NC(CCC(N)=O)C(=O)NC(CCCCN)C(=O)O. The number of hydrogen-bond donors (Lipinski definition) is 7. The van der Waals surface area contributed by atoms with Gasteiger partial charge in [0.05, 0.1) is 6.04 Å². The van der Waals surface area contributed by atoms with Gasteiger partial charge in [-0.1, -0.05) is 20.3 Å². The number of carboxylic acids is 1. The number of carboxylic acid groups (broad SMARTS) is 1. The van der Waals surface area contributed by atoms with Crippen LogP contribution in [0.4, 0.5) is 0 Å². The highest BCUT2D eigenvalue weighted by molar-refractivity contribution is 7.98. The molecule has 0 aromatic rings. The predicted octanol–water partition coefficient (Wildman–Crippen LogP) is -0.954. The van der Waals surface area contributed by atoms with E-state index >= 15 is 0 Å². The molecule has 4 amide bonds. The topological polar surface area (TPSA) is 220 Å². The summed E-state index contributed by atoms with van der Waals surface area (Å²) in [6.45, 7) is 4.01. The molecule has 12 nitrogen and oxygen atoms in total. The van der Waals surface area contributed by atoms with Crippen LogP contribution >= 0.6 is 11.8 Å². The summed E-state index contributed by atoms with van der Waals surface area (Å²) in [5.41, 5.74) is 16.6. The highest BCUT2D eigenvalue weighted by Gasteiger charge is 2.32. The van der Waals surface area contributed by atoms with Crippen LogP contribution in [0, 0.1) is 5.92 Å². The van der Waals surface area contributed by atoms with E-state index in [9.17, 15) is 29.1 Å². The third-order valence-corrected chi connectivity index (χ3v) is 6.28. The summed E-state index contributed by atoms with van der Waals surface area (Å²) in [6, 6.07) is -4.17. The monoisotopic (exact) mass is 518 g/mol. The van der Waals surface area contributed by atoms with Crippen molar-refractivity contribution >= 4 is 41.4 Å². The summed E-state index contributed by atoms with van der Waals surface area (Å²) in [7, 11) is 0. The van der Waals surface area contributed by atoms with Gasteiger partial charge in [-0.3, -0.25) is 19.2 Å². The Morgan fingerprint density at radius 2 is 1.54 bits per heavy atom. The van der Waals surface area contributed by atoms with Gasteiger partial charge in [0.1, 0.15) is 18.1 Å². The molecule has 0 spiro atoms. The van der Waals surface area contributed by atoms with Crippen molar-refractivity contribution in [3.63, 3.8) is 0 Å². The van der Waals surface area contributed by atoms with Gasteiger partial charge in [0, 0.05) is 6.42 Å². The van der Waals surface area contributed by atoms with Crippen molar-refractivity contribution in [2.24, 2.45) is 23.1 Å². The number of amides is 4. The summed E-state index contributed by atoms with van der Waals surface area (Å²) in [5.74, 6) is -3.38. The van der Waals surface area contributed by atoms with E-state index in [1.165, 1.54) is 0 Å². The number of rotatable bonds is 19. The van der Waals surface area contributed by atoms with Crippen LogP contribution in [0.25, 0.3) is 0 Å². The Morgan fingerprint density at radius 1 is 0.914 bits per heavy atom. The Morgan fingerprint density at radius 3 is 2.06 bits per heavy atom. The number of hydrogen-bond acceptors (Lipinski definition) is 8. The molecule has 13 heteroatoms. The molecule has 0 saturated carbocycles. The van der Waals surface area contributed by atoms with Gasteiger partial charge >= 0.3 is 5.97 Å². The van der Waals surface area contributed by atoms with E-state index in [1.807, 2.05) is 13.2 Å². The molecule has 0 heterocycles. The maximum absolute atomic E-state index is 13.1. The van der Waals surface area contributed by atoms with Gasteiger partial charge in [0.15, 0.2) is 0 Å². The normalized spacial score (nSPS) is 15.2. The smallest absolute Gasteiger partial charge is 0.326 e. The Bertz CT molecular complexity index is 710. The Labute approximate surface area is 211 Å². The molecule has 0 aliphatic rings. The van der Waals surface area contributed by atoms with Crippen LogP contribution in [0.15, 0.2) is 0 Å². The standard InChI is InChI=1S/C22H42N6O6S/c1-4-13(2)18(28-19(30)14(24)10-12-35-3)21(32)26-15(8-9-17(25)29)20(31)27-16(22(33)34)7-5-6-11-23/h13-16,18H,4-12,23-24H2,1-3H3,(H2,25,29)(H,26,32)(H,27,31)(H,28,30)(H,33,34). The minimum absolute atomic E-state index is 0.129. The molecule has 0 radical (unpaired) electrons. The van der Waals surface area contributed by atoms with E-state index in [0.717, 1.165) is 0 Å². The number of aliphatic carboxylic acids is 1. The zero-order valence-corrected chi connectivity index (χ0v) is 21.7. The Kier molecular flexibility index (Phi) is 16.7. The summed E-state index contributed by atoms with van der Waals surface area (Å²) < 4.78 is 0. The molecule has 0 rings (SSSR count). The minimum Gasteiger partial charge on any atom is -0.480 e. The lowest BCUT2D eigenvalue weighted by Gasteiger charge is -2.28. The maximum Gasteiger partial charge on any atom is 0.326 e. The van der Waals surface area contributed by atoms with E-state index in [-0.39, 0.29) is 25.2 Å². The third kappa shape index (κ3) is 13.3. The van der Waals surface area contributed by atoms with Gasteiger partial charge in [-0.15, -0.1) is 0 Å². The maximum atomic E-state index is 13.1. The average molecular weight is 519 g/mol. The largest absolute Gasteiger partial charge is 0.480 e. The van der Waals surface area contributed by atoms with E-state index in [1.54, 1.807) is 18.7 Å². The van der Waals surface area contributed by atoms with Crippen LogP contribution in [0.1, 0.15) is 58.8 Å². The molecule has 0 aromatic carbocycles. The highest BCUT2D eigenvalue weighted by Crippen LogP contribution is 2.11. The second-order valence-corrected chi connectivity index (χ2v) is 9.50. The number of carbonyl (C=O) groups excluding carboxylic acids is 4. The van der Waals surface area contributed by atoms with E-state index < -0.39 is 53.8 Å². The van der Waals surface area contributed by atoms with Crippen molar-refractivity contribution < 1.29 is 29.1 Å². The quantitative estimate of drug-likeness (QED) is 0.105. The molecular weight excluding hydrogens is 476 g/mol. The molecule has 0 bridgehead atoms. The Hall–Kier alpha value is -2.38. The van der Waals surface area contributed by atoms with Crippen LogP contribution < -0.4 is 33.2 Å². The van der Waals surface area contributed by atoms with E-state index in [2.05, 4.69) is 16.0 Å². The van der Waals surface area contributed by atoms with E-state index in [4.69, 9.17) is 17.2 Å². The van der Waals surface area contributed by atoms with Gasteiger partial charge < -0.3 is 38.3 Å². The first-order valence-electron chi connectivity index (χ1n) is 11.8. The average Bonchev–Trinajstić information content (AvgIpc) is 2.81.